The molecule has 0 radical (unpaired) electrons. The molecule has 0 bridgehead atoms. The summed E-state index contributed by atoms with van der Waals surface area (Å²) in [5.74, 6) is -2.21. The first-order chi connectivity index (χ1) is 11.7. The molecule has 0 fully saturated rings. The van der Waals surface area contributed by atoms with Crippen molar-refractivity contribution >= 4 is 29.4 Å². The molecule has 5 N–H and O–H groups in total. The Morgan fingerprint density at radius 3 is 2.28 bits per heavy atom. The van der Waals surface area contributed by atoms with Crippen LogP contribution in [-0.2, 0) is 14.4 Å². The van der Waals surface area contributed by atoms with Gasteiger partial charge in [-0.2, -0.15) is 0 Å². The second-order valence-corrected chi connectivity index (χ2v) is 6.63. The number of hydrogen-bond donors (Lipinski definition) is 3. The second kappa shape index (κ2) is 10.0. The Kier molecular flexibility index (Phi) is 8.37. The zero-order valence-electron chi connectivity index (χ0n) is 14.4. The van der Waals surface area contributed by atoms with Crippen molar-refractivity contribution in [1.82, 2.24) is 10.6 Å². The fraction of sp³-hybridized carbons (Fsp3) is 0.471. The predicted molar refractivity (Wildman–Crippen MR) is 91.4 cm³/mol. The normalized spacial score (nSPS) is 13.2. The number of carboxylic acid groups (broad SMARTS) is 1. The average molecular weight is 370 g/mol. The molecular weight excluding hydrogens is 346 g/mol. The van der Waals surface area contributed by atoms with Crippen molar-refractivity contribution in [1.29, 1.82) is 0 Å². The Morgan fingerprint density at radius 1 is 1.16 bits per heavy atom. The maximum Gasteiger partial charge on any atom is 0.278 e. The number of aliphatic carboxylic acids is 1. The minimum absolute atomic E-state index is 0.0265. The number of carbonyl (C=O) groups is 3. The van der Waals surface area contributed by atoms with Gasteiger partial charge in [-0.3, -0.25) is 9.59 Å². The van der Waals surface area contributed by atoms with Gasteiger partial charge < -0.3 is 26.3 Å². The summed E-state index contributed by atoms with van der Waals surface area (Å²) in [6, 6.07) is 6.55. The number of nitrogens with one attached hydrogen (secondary N) is 2. The zero-order chi connectivity index (χ0) is 19.0. The summed E-state index contributed by atoms with van der Waals surface area (Å²) < 4.78 is 0. The molecule has 1 aromatic carbocycles. The molecule has 2 atom stereocenters. The molecule has 0 aromatic heterocycles. The Labute approximate surface area is 151 Å². The van der Waals surface area contributed by atoms with E-state index in [-0.39, 0.29) is 30.7 Å². The Balaban J connectivity index is 2.77. The fourth-order valence-corrected chi connectivity index (χ4v) is 2.29. The number of carboxylic acids is 1. The van der Waals surface area contributed by atoms with Gasteiger partial charge in [0.2, 0.25) is 5.91 Å². The summed E-state index contributed by atoms with van der Waals surface area (Å²) in [7, 11) is 0. The lowest BCUT2D eigenvalue weighted by atomic mass is 9.94. The average Bonchev–Trinajstić information content (AvgIpc) is 2.56. The van der Waals surface area contributed by atoms with Crippen LogP contribution in [0.2, 0.25) is 5.02 Å². The number of benzene rings is 1. The maximum atomic E-state index is 12.1. The molecule has 0 aliphatic heterocycles. The number of amides is 2. The van der Waals surface area contributed by atoms with Crippen LogP contribution in [0.1, 0.15) is 31.7 Å². The molecule has 0 saturated carbocycles. The highest BCUT2D eigenvalue weighted by Gasteiger charge is 2.23. The first-order valence-electron chi connectivity index (χ1n) is 8.03. The van der Waals surface area contributed by atoms with E-state index in [0.717, 1.165) is 5.56 Å². The number of rotatable bonds is 9. The van der Waals surface area contributed by atoms with Gasteiger partial charge in [0.05, 0.1) is 12.5 Å². The van der Waals surface area contributed by atoms with Crippen molar-refractivity contribution in [3.05, 3.63) is 34.9 Å². The predicted octanol–water partition coefficient (Wildman–Crippen LogP) is -0.937. The fourth-order valence-electron chi connectivity index (χ4n) is 2.17. The molecule has 0 unspecified atom stereocenters. The third-order valence-corrected chi connectivity index (χ3v) is 4.12. The molecule has 1 rings (SSSR count). The number of hydrogen-bond acceptors (Lipinski definition) is 4. The largest absolute Gasteiger partial charge is 0.548 e. The van der Waals surface area contributed by atoms with Crippen LogP contribution in [0.3, 0.4) is 0 Å². The van der Waals surface area contributed by atoms with Gasteiger partial charge in [-0.15, -0.1) is 0 Å². The SMILES string of the molecule is CC(C)[C@@H]([NH3+])C(=O)NC[C@H](CC(=O)NCC(=O)[O-])c1ccc(Cl)cc1. The molecule has 1 aromatic rings. The van der Waals surface area contributed by atoms with E-state index in [0.29, 0.717) is 5.02 Å². The van der Waals surface area contributed by atoms with Crippen molar-refractivity contribution in [3.63, 3.8) is 0 Å². The molecule has 0 heterocycles. The maximum absolute atomic E-state index is 12.1. The Bertz CT molecular complexity index is 604. The molecule has 0 aliphatic rings. The molecule has 0 spiro atoms. The summed E-state index contributed by atoms with van der Waals surface area (Å²) in [5.41, 5.74) is 4.65. The smallest absolute Gasteiger partial charge is 0.278 e. The van der Waals surface area contributed by atoms with Gasteiger partial charge in [0.25, 0.3) is 5.91 Å². The van der Waals surface area contributed by atoms with Gasteiger partial charge >= 0.3 is 0 Å². The lowest BCUT2D eigenvalue weighted by molar-refractivity contribution is -0.414. The summed E-state index contributed by atoms with van der Waals surface area (Å²) in [6.07, 6.45) is 0.0265. The van der Waals surface area contributed by atoms with E-state index in [1.54, 1.807) is 24.3 Å². The van der Waals surface area contributed by atoms with Gasteiger partial charge in [0.15, 0.2) is 6.04 Å². The van der Waals surface area contributed by atoms with Crippen LogP contribution < -0.4 is 21.5 Å². The lowest BCUT2D eigenvalue weighted by Gasteiger charge is -2.20. The highest BCUT2D eigenvalue weighted by Crippen LogP contribution is 2.21. The number of quaternary nitrogens is 1. The summed E-state index contributed by atoms with van der Waals surface area (Å²) in [6.45, 7) is 3.49. The Morgan fingerprint density at radius 2 is 1.76 bits per heavy atom. The molecule has 0 saturated heterocycles. The summed E-state index contributed by atoms with van der Waals surface area (Å²) >= 11 is 5.88. The molecule has 25 heavy (non-hydrogen) atoms. The van der Waals surface area contributed by atoms with Crippen molar-refractivity contribution in [2.45, 2.75) is 32.2 Å². The van der Waals surface area contributed by atoms with Gasteiger partial charge in [-0.05, 0) is 17.7 Å². The third-order valence-electron chi connectivity index (χ3n) is 3.87. The quantitative estimate of drug-likeness (QED) is 0.519. The number of carbonyl (C=O) groups excluding carboxylic acids is 3. The summed E-state index contributed by atoms with van der Waals surface area (Å²) in [4.78, 5) is 34.5. The summed E-state index contributed by atoms with van der Waals surface area (Å²) in [5, 5.41) is 16.1. The topological polar surface area (TPSA) is 126 Å². The van der Waals surface area contributed by atoms with E-state index >= 15 is 0 Å². The van der Waals surface area contributed by atoms with Gasteiger partial charge in [-0.25, -0.2) is 0 Å². The van der Waals surface area contributed by atoms with Crippen LogP contribution in [0.5, 0.6) is 0 Å². The van der Waals surface area contributed by atoms with E-state index < -0.39 is 24.5 Å². The van der Waals surface area contributed by atoms with Crippen LogP contribution in [0, 0.1) is 5.92 Å². The van der Waals surface area contributed by atoms with Crippen LogP contribution in [-0.4, -0.2) is 36.9 Å². The van der Waals surface area contributed by atoms with Crippen molar-refractivity contribution in [2.75, 3.05) is 13.1 Å². The van der Waals surface area contributed by atoms with E-state index in [1.165, 1.54) is 0 Å². The molecule has 2 amide bonds. The van der Waals surface area contributed by atoms with E-state index in [2.05, 4.69) is 16.4 Å². The van der Waals surface area contributed by atoms with Gasteiger partial charge in [0, 0.05) is 29.8 Å². The number of halogens is 1. The Hall–Kier alpha value is -2.12. The van der Waals surface area contributed by atoms with E-state index in [4.69, 9.17) is 11.6 Å². The van der Waals surface area contributed by atoms with Gasteiger partial charge in [-0.1, -0.05) is 37.6 Å². The molecule has 8 heteroatoms. The first kappa shape index (κ1) is 20.9. The van der Waals surface area contributed by atoms with Crippen molar-refractivity contribution in [3.8, 4) is 0 Å². The van der Waals surface area contributed by atoms with Crippen LogP contribution >= 0.6 is 11.6 Å². The van der Waals surface area contributed by atoms with Crippen molar-refractivity contribution < 1.29 is 25.2 Å². The minimum atomic E-state index is -1.36. The van der Waals surface area contributed by atoms with Crippen LogP contribution in [0.4, 0.5) is 0 Å². The van der Waals surface area contributed by atoms with Gasteiger partial charge in [0.1, 0.15) is 0 Å². The highest BCUT2D eigenvalue weighted by molar-refractivity contribution is 6.30. The zero-order valence-corrected chi connectivity index (χ0v) is 15.1. The minimum Gasteiger partial charge on any atom is -0.548 e. The third kappa shape index (κ3) is 7.53. The van der Waals surface area contributed by atoms with E-state index in [1.807, 2.05) is 13.8 Å². The standard InChI is InChI=1S/C17H24ClN3O4/c1-10(2)16(19)17(25)21-8-12(7-14(22)20-9-15(23)24)11-3-5-13(18)6-4-11/h3-6,10,12,16H,7-9,19H2,1-2H3,(H,20,22)(H,21,25)(H,23,24)/t12-,16+/m0/s1. The second-order valence-electron chi connectivity index (χ2n) is 6.20. The molecule has 138 valence electrons. The van der Waals surface area contributed by atoms with Crippen LogP contribution in [0.15, 0.2) is 24.3 Å². The van der Waals surface area contributed by atoms with Crippen molar-refractivity contribution in [2.24, 2.45) is 5.92 Å². The molecular formula is C17H24ClN3O4. The van der Waals surface area contributed by atoms with E-state index in [9.17, 15) is 19.5 Å². The van der Waals surface area contributed by atoms with Crippen LogP contribution in [0.25, 0.3) is 0 Å². The monoisotopic (exact) mass is 369 g/mol. The highest BCUT2D eigenvalue weighted by atomic mass is 35.5. The molecule has 0 aliphatic carbocycles. The molecule has 7 nitrogen and oxygen atoms in total. The first-order valence-corrected chi connectivity index (χ1v) is 8.41. The lowest BCUT2D eigenvalue weighted by Crippen LogP contribution is -2.69.